The molecule has 1 atom stereocenters. The highest BCUT2D eigenvalue weighted by Crippen LogP contribution is 2.35. The summed E-state index contributed by atoms with van der Waals surface area (Å²) in [6.07, 6.45) is -0.0797. The van der Waals surface area contributed by atoms with Crippen molar-refractivity contribution in [1.29, 1.82) is 0 Å². The van der Waals surface area contributed by atoms with Crippen LogP contribution in [0.2, 0.25) is 0 Å². The van der Waals surface area contributed by atoms with Crippen LogP contribution in [0.1, 0.15) is 31.9 Å². The van der Waals surface area contributed by atoms with Gasteiger partial charge in [-0.3, -0.25) is 0 Å². The maximum absolute atomic E-state index is 6.04. The Hall–Kier alpha value is -2.00. The van der Waals surface area contributed by atoms with Crippen molar-refractivity contribution >= 4 is 0 Å². The second kappa shape index (κ2) is 6.01. The minimum atomic E-state index is -0.0797. The Kier molecular flexibility index (Phi) is 4.08. The van der Waals surface area contributed by atoms with Crippen molar-refractivity contribution < 1.29 is 14.2 Å². The topological polar surface area (TPSA) is 31.0 Å². The fourth-order valence-corrected chi connectivity index (χ4v) is 2.29. The van der Waals surface area contributed by atoms with E-state index in [2.05, 4.69) is 39.0 Å². The van der Waals surface area contributed by atoms with Gasteiger partial charge < -0.3 is 14.2 Å². The molecule has 2 aromatic carbocycles. The summed E-state index contributed by atoms with van der Waals surface area (Å²) >= 11 is 0. The van der Waals surface area contributed by atoms with Crippen molar-refractivity contribution in [3.8, 4) is 11.5 Å². The summed E-state index contributed by atoms with van der Waals surface area (Å²) in [5, 5.41) is 0. The first-order valence-electron chi connectivity index (χ1n) is 7.62. The summed E-state index contributed by atoms with van der Waals surface area (Å²) in [4.78, 5) is 0. The van der Waals surface area contributed by atoms with E-state index in [0.29, 0.717) is 13.2 Å². The molecule has 0 N–H and O–H groups in total. The van der Waals surface area contributed by atoms with Crippen molar-refractivity contribution in [3.63, 3.8) is 0 Å². The van der Waals surface area contributed by atoms with E-state index in [1.165, 1.54) is 0 Å². The predicted molar refractivity (Wildman–Crippen MR) is 86.3 cm³/mol. The molecule has 0 aliphatic carbocycles. The minimum absolute atomic E-state index is 0.0181. The van der Waals surface area contributed by atoms with Crippen LogP contribution < -0.4 is 9.47 Å². The molecule has 1 saturated heterocycles. The third kappa shape index (κ3) is 3.80. The molecule has 1 aliphatic heterocycles. The monoisotopic (exact) mass is 298 g/mol. The zero-order valence-corrected chi connectivity index (χ0v) is 13.3. The van der Waals surface area contributed by atoms with Gasteiger partial charge in [0, 0.05) is 5.56 Å². The number of hydrogen-bond acceptors (Lipinski definition) is 3. The first kappa shape index (κ1) is 14.9. The molecule has 116 valence electrons. The first-order valence-corrected chi connectivity index (χ1v) is 7.62. The van der Waals surface area contributed by atoms with E-state index in [0.717, 1.165) is 22.6 Å². The summed E-state index contributed by atoms with van der Waals surface area (Å²) in [6, 6.07) is 16.2. The van der Waals surface area contributed by atoms with Crippen molar-refractivity contribution in [3.05, 3.63) is 59.7 Å². The standard InChI is InChI=1S/C19H22O3/c1-19(2,3)16-11-15(22-18-13-21-18)9-10-17(16)20-12-14-7-5-4-6-8-14/h4-11,18H,12-13H2,1-3H3. The molecular formula is C19H22O3. The molecule has 3 rings (SSSR count). The molecule has 1 unspecified atom stereocenters. The van der Waals surface area contributed by atoms with Crippen LogP contribution in [-0.4, -0.2) is 12.9 Å². The fraction of sp³-hybridized carbons (Fsp3) is 0.368. The lowest BCUT2D eigenvalue weighted by molar-refractivity contribution is 0.178. The molecule has 1 heterocycles. The molecule has 3 nitrogen and oxygen atoms in total. The Bertz CT molecular complexity index is 625. The van der Waals surface area contributed by atoms with Crippen LogP contribution in [0.4, 0.5) is 0 Å². The van der Waals surface area contributed by atoms with Crippen LogP contribution in [0.3, 0.4) is 0 Å². The molecule has 0 aromatic heterocycles. The average molecular weight is 298 g/mol. The van der Waals surface area contributed by atoms with Gasteiger partial charge >= 0.3 is 0 Å². The second-order valence-corrected chi connectivity index (χ2v) is 6.56. The highest BCUT2D eigenvalue weighted by atomic mass is 16.8. The lowest BCUT2D eigenvalue weighted by Gasteiger charge is -2.23. The fourth-order valence-electron chi connectivity index (χ4n) is 2.29. The minimum Gasteiger partial charge on any atom is -0.489 e. The maximum Gasteiger partial charge on any atom is 0.223 e. The van der Waals surface area contributed by atoms with Crippen molar-refractivity contribution in [2.45, 2.75) is 39.1 Å². The number of hydrogen-bond donors (Lipinski definition) is 0. The SMILES string of the molecule is CC(C)(C)c1cc(OC2CO2)ccc1OCc1ccccc1. The maximum atomic E-state index is 6.04. The quantitative estimate of drug-likeness (QED) is 0.771. The Balaban J connectivity index is 1.79. The number of rotatable bonds is 5. The molecule has 0 saturated carbocycles. The zero-order chi connectivity index (χ0) is 15.6. The van der Waals surface area contributed by atoms with Gasteiger partial charge in [0.25, 0.3) is 0 Å². The normalized spacial score (nSPS) is 17.1. The van der Waals surface area contributed by atoms with Crippen LogP contribution >= 0.6 is 0 Å². The highest BCUT2D eigenvalue weighted by molar-refractivity contribution is 5.44. The summed E-state index contributed by atoms with van der Waals surface area (Å²) in [7, 11) is 0. The number of benzene rings is 2. The van der Waals surface area contributed by atoms with E-state index < -0.39 is 0 Å². The van der Waals surface area contributed by atoms with Crippen molar-refractivity contribution in [1.82, 2.24) is 0 Å². The van der Waals surface area contributed by atoms with Gasteiger partial charge in [-0.15, -0.1) is 0 Å². The van der Waals surface area contributed by atoms with Crippen molar-refractivity contribution in [2.75, 3.05) is 6.61 Å². The largest absolute Gasteiger partial charge is 0.489 e. The van der Waals surface area contributed by atoms with Crippen LogP contribution in [0, 0.1) is 0 Å². The van der Waals surface area contributed by atoms with Gasteiger partial charge in [-0.2, -0.15) is 0 Å². The molecule has 1 aliphatic rings. The van der Waals surface area contributed by atoms with Gasteiger partial charge in [0.2, 0.25) is 6.29 Å². The molecular weight excluding hydrogens is 276 g/mol. The Morgan fingerprint density at radius 2 is 1.82 bits per heavy atom. The van der Waals surface area contributed by atoms with Crippen LogP contribution in [0.15, 0.2) is 48.5 Å². The zero-order valence-electron chi connectivity index (χ0n) is 13.3. The van der Waals surface area contributed by atoms with Gasteiger partial charge in [-0.05, 0) is 29.2 Å². The van der Waals surface area contributed by atoms with Gasteiger partial charge in [-0.25, -0.2) is 0 Å². The molecule has 0 amide bonds. The highest BCUT2D eigenvalue weighted by Gasteiger charge is 2.26. The average Bonchev–Trinajstić information content (AvgIpc) is 3.30. The summed E-state index contributed by atoms with van der Waals surface area (Å²) < 4.78 is 16.9. The van der Waals surface area contributed by atoms with Gasteiger partial charge in [0.15, 0.2) is 0 Å². The Morgan fingerprint density at radius 3 is 2.45 bits per heavy atom. The molecule has 0 bridgehead atoms. The van der Waals surface area contributed by atoms with E-state index in [-0.39, 0.29) is 11.7 Å². The molecule has 3 heteroatoms. The summed E-state index contributed by atoms with van der Waals surface area (Å²) in [5.74, 6) is 1.74. The van der Waals surface area contributed by atoms with E-state index in [1.54, 1.807) is 0 Å². The van der Waals surface area contributed by atoms with Gasteiger partial charge in [-0.1, -0.05) is 51.1 Å². The lowest BCUT2D eigenvalue weighted by atomic mass is 9.86. The Labute approximate surface area is 131 Å². The van der Waals surface area contributed by atoms with E-state index >= 15 is 0 Å². The van der Waals surface area contributed by atoms with E-state index in [1.807, 2.05) is 30.3 Å². The molecule has 0 spiro atoms. The third-order valence-corrected chi connectivity index (χ3v) is 3.57. The summed E-state index contributed by atoms with van der Waals surface area (Å²) in [6.45, 7) is 7.77. The molecule has 22 heavy (non-hydrogen) atoms. The lowest BCUT2D eigenvalue weighted by Crippen LogP contribution is -2.14. The number of epoxide rings is 1. The van der Waals surface area contributed by atoms with Crippen LogP contribution in [0.5, 0.6) is 11.5 Å². The molecule has 0 radical (unpaired) electrons. The third-order valence-electron chi connectivity index (χ3n) is 3.57. The molecule has 2 aromatic rings. The van der Waals surface area contributed by atoms with Gasteiger partial charge in [0.05, 0.1) is 0 Å². The van der Waals surface area contributed by atoms with Gasteiger partial charge in [0.1, 0.15) is 24.7 Å². The van der Waals surface area contributed by atoms with Crippen LogP contribution in [0.25, 0.3) is 0 Å². The van der Waals surface area contributed by atoms with E-state index in [4.69, 9.17) is 14.2 Å². The van der Waals surface area contributed by atoms with Crippen molar-refractivity contribution in [2.24, 2.45) is 0 Å². The Morgan fingerprint density at radius 1 is 1.09 bits per heavy atom. The first-order chi connectivity index (χ1) is 10.5. The predicted octanol–water partition coefficient (Wildman–Crippen LogP) is 4.30. The summed E-state index contributed by atoms with van der Waals surface area (Å²) in [5.41, 5.74) is 2.28. The molecule has 1 fully saturated rings. The van der Waals surface area contributed by atoms with E-state index in [9.17, 15) is 0 Å². The van der Waals surface area contributed by atoms with Crippen LogP contribution in [-0.2, 0) is 16.8 Å². The second-order valence-electron chi connectivity index (χ2n) is 6.56. The number of ether oxygens (including phenoxy) is 3. The smallest absolute Gasteiger partial charge is 0.223 e.